The van der Waals surface area contributed by atoms with Gasteiger partial charge < -0.3 is 32.3 Å². The molecule has 0 radical (unpaired) electrons. The molecular weight excluding hydrogens is 598 g/mol. The van der Waals surface area contributed by atoms with Gasteiger partial charge in [-0.05, 0) is 44.9 Å². The van der Waals surface area contributed by atoms with E-state index in [0.717, 1.165) is 38.8 Å². The fraction of sp³-hybridized carbons (Fsp3) is 0.923. The number of hydrogen-bond donors (Lipinski definition) is 6. The maximum atomic E-state index is 13.4. The number of rotatable bonds is 35. The van der Waals surface area contributed by atoms with E-state index < -0.39 is 12.1 Å². The maximum absolute atomic E-state index is 13.4. The zero-order valence-corrected chi connectivity index (χ0v) is 32.0. The van der Waals surface area contributed by atoms with Crippen LogP contribution >= 0.6 is 0 Å². The summed E-state index contributed by atoms with van der Waals surface area (Å²) in [5, 5.41) is 16.1. The minimum atomic E-state index is -0.556. The van der Waals surface area contributed by atoms with Gasteiger partial charge >= 0.3 is 0 Å². The largest absolute Gasteiger partial charge is 0.360 e. The van der Waals surface area contributed by atoms with Crippen molar-refractivity contribution in [2.24, 2.45) is 11.5 Å². The molecule has 0 bridgehead atoms. The molecule has 9 heteroatoms. The third kappa shape index (κ3) is 29.1. The topological polar surface area (TPSA) is 149 Å². The minimum absolute atomic E-state index is 0.0972. The highest BCUT2D eigenvalue weighted by Crippen LogP contribution is 2.14. The Kier molecular flexibility index (Phi) is 33.6. The number of carbonyl (C=O) groups excluding carboxylic acids is 2. The molecule has 0 fully saturated rings. The van der Waals surface area contributed by atoms with Crippen molar-refractivity contribution in [3.8, 4) is 0 Å². The smallest absolute Gasteiger partial charge is 0.239 e. The molecule has 0 aliphatic rings. The van der Waals surface area contributed by atoms with Crippen LogP contribution in [-0.4, -0.2) is 68.0 Å². The molecule has 9 nitrogen and oxygen atoms in total. The lowest BCUT2D eigenvalue weighted by molar-refractivity contribution is -0.133. The molecule has 0 saturated heterocycles. The van der Waals surface area contributed by atoms with Crippen molar-refractivity contribution < 1.29 is 9.59 Å². The van der Waals surface area contributed by atoms with Crippen molar-refractivity contribution in [2.45, 2.75) is 199 Å². The Labute approximate surface area is 297 Å². The first-order chi connectivity index (χ1) is 23.4. The van der Waals surface area contributed by atoms with Crippen molar-refractivity contribution in [1.29, 1.82) is 5.41 Å². The highest BCUT2D eigenvalue weighted by molar-refractivity contribution is 5.82. The molecule has 0 aromatic rings. The maximum Gasteiger partial charge on any atom is 0.239 e. The summed E-state index contributed by atoms with van der Waals surface area (Å²) in [6.07, 6.45) is 32.2. The summed E-state index contributed by atoms with van der Waals surface area (Å²) >= 11 is 0. The Balaban J connectivity index is 4.39. The summed E-state index contributed by atoms with van der Waals surface area (Å²) in [5.74, 6) is 0.208. The van der Waals surface area contributed by atoms with E-state index in [-0.39, 0.29) is 17.8 Å². The first kappa shape index (κ1) is 46.1. The second-order valence-electron chi connectivity index (χ2n) is 14.1. The van der Waals surface area contributed by atoms with Crippen LogP contribution in [0.5, 0.6) is 0 Å². The van der Waals surface area contributed by atoms with Crippen molar-refractivity contribution in [3.05, 3.63) is 0 Å². The van der Waals surface area contributed by atoms with Gasteiger partial charge in [-0.1, -0.05) is 142 Å². The fourth-order valence-corrected chi connectivity index (χ4v) is 6.21. The second-order valence-corrected chi connectivity index (χ2v) is 14.1. The fourth-order valence-electron chi connectivity index (χ4n) is 6.21. The Morgan fingerprint density at radius 1 is 0.542 bits per heavy atom. The molecule has 0 aromatic heterocycles. The number of nitrogens with one attached hydrogen (secondary N) is 4. The van der Waals surface area contributed by atoms with Crippen LogP contribution in [0.15, 0.2) is 0 Å². The van der Waals surface area contributed by atoms with Gasteiger partial charge in [-0.2, -0.15) is 0 Å². The zero-order valence-electron chi connectivity index (χ0n) is 32.0. The molecule has 2 atom stereocenters. The Hall–Kier alpha value is -1.87. The Morgan fingerprint density at radius 2 is 0.938 bits per heavy atom. The average Bonchev–Trinajstić information content (AvgIpc) is 3.09. The number of amides is 2. The van der Waals surface area contributed by atoms with E-state index in [9.17, 15) is 9.59 Å². The van der Waals surface area contributed by atoms with Gasteiger partial charge in [-0.3, -0.25) is 15.0 Å². The van der Waals surface area contributed by atoms with Crippen LogP contribution in [0.25, 0.3) is 0 Å². The highest BCUT2D eigenvalue weighted by Gasteiger charge is 2.20. The number of nitrogens with two attached hydrogens (primary N) is 2. The summed E-state index contributed by atoms with van der Waals surface area (Å²) in [7, 11) is 1.69. The number of hydrogen-bond acceptors (Lipinski definition) is 5. The summed E-state index contributed by atoms with van der Waals surface area (Å²) in [6, 6.07) is -1.04. The summed E-state index contributed by atoms with van der Waals surface area (Å²) in [5.41, 5.74) is 12.5. The number of nitrogens with zero attached hydrogens (tertiary/aromatic N) is 1. The predicted molar refractivity (Wildman–Crippen MR) is 206 cm³/mol. The molecule has 0 saturated carbocycles. The van der Waals surface area contributed by atoms with Crippen LogP contribution in [0.2, 0.25) is 0 Å². The molecule has 0 aromatic carbocycles. The summed E-state index contributed by atoms with van der Waals surface area (Å²) < 4.78 is 0. The van der Waals surface area contributed by atoms with Gasteiger partial charge in [0.05, 0.1) is 12.1 Å². The van der Waals surface area contributed by atoms with Crippen molar-refractivity contribution in [1.82, 2.24) is 20.9 Å². The van der Waals surface area contributed by atoms with Gasteiger partial charge in [0.25, 0.3) is 0 Å². The Morgan fingerprint density at radius 3 is 1.38 bits per heavy atom. The van der Waals surface area contributed by atoms with Crippen molar-refractivity contribution in [3.63, 3.8) is 0 Å². The molecule has 48 heavy (non-hydrogen) atoms. The standard InChI is InChI=1S/C39H81N7O2/c1-4-6-8-10-12-14-16-17-19-21-23-27-34-46(33-26-22-20-18-15-13-11-9-7-5-2)38(48)36(41)29-24-25-31-44-37(47)35(40)30-28-32-45-39(42)43-3/h35-36H,4-34,40-41H2,1-3H3,(H,44,47)(H3,42,43,45). The molecule has 0 rings (SSSR count). The molecule has 8 N–H and O–H groups in total. The van der Waals surface area contributed by atoms with Gasteiger partial charge in [0, 0.05) is 33.2 Å². The monoisotopic (exact) mass is 680 g/mol. The van der Waals surface area contributed by atoms with Gasteiger partial charge in [0.1, 0.15) is 0 Å². The quantitative estimate of drug-likeness (QED) is 0.0228. The van der Waals surface area contributed by atoms with Crippen molar-refractivity contribution in [2.75, 3.05) is 33.2 Å². The molecular formula is C39H81N7O2. The van der Waals surface area contributed by atoms with Gasteiger partial charge in [0.15, 0.2) is 5.96 Å². The lowest BCUT2D eigenvalue weighted by Gasteiger charge is -2.26. The van der Waals surface area contributed by atoms with E-state index in [1.807, 2.05) is 0 Å². The molecule has 0 aliphatic heterocycles. The van der Waals surface area contributed by atoms with Crippen LogP contribution in [0.1, 0.15) is 187 Å². The summed E-state index contributed by atoms with van der Waals surface area (Å²) in [6.45, 7) is 7.32. The summed E-state index contributed by atoms with van der Waals surface area (Å²) in [4.78, 5) is 27.8. The van der Waals surface area contributed by atoms with E-state index in [1.165, 1.54) is 128 Å². The molecule has 2 amide bonds. The molecule has 0 spiro atoms. The SMILES string of the molecule is CCCCCCCCCCCCCCN(CCCCCCCCCCCC)C(=O)C(N)CCCCNC(=O)C(N)CCCNC(=N)NC. The first-order valence-electron chi connectivity index (χ1n) is 20.4. The van der Waals surface area contributed by atoms with Crippen LogP contribution in [0.3, 0.4) is 0 Å². The lowest BCUT2D eigenvalue weighted by atomic mass is 10.0. The number of guanidine groups is 1. The molecule has 2 unspecified atom stereocenters. The van der Waals surface area contributed by atoms with E-state index in [1.54, 1.807) is 7.05 Å². The van der Waals surface area contributed by atoms with Crippen LogP contribution in [0, 0.1) is 5.41 Å². The van der Waals surface area contributed by atoms with E-state index >= 15 is 0 Å². The van der Waals surface area contributed by atoms with Gasteiger partial charge in [-0.25, -0.2) is 0 Å². The van der Waals surface area contributed by atoms with Crippen molar-refractivity contribution >= 4 is 17.8 Å². The number of unbranched alkanes of at least 4 members (excludes halogenated alkanes) is 21. The zero-order chi connectivity index (χ0) is 35.5. The van der Waals surface area contributed by atoms with E-state index in [4.69, 9.17) is 16.9 Å². The van der Waals surface area contributed by atoms with Gasteiger partial charge in [-0.15, -0.1) is 0 Å². The van der Waals surface area contributed by atoms with Crippen LogP contribution < -0.4 is 27.4 Å². The Bertz CT molecular complexity index is 752. The predicted octanol–water partition coefficient (Wildman–Crippen LogP) is 7.90. The third-order valence-corrected chi connectivity index (χ3v) is 9.51. The van der Waals surface area contributed by atoms with Crippen LogP contribution in [0.4, 0.5) is 0 Å². The van der Waals surface area contributed by atoms with Gasteiger partial charge in [0.2, 0.25) is 11.8 Å². The third-order valence-electron chi connectivity index (χ3n) is 9.51. The first-order valence-corrected chi connectivity index (χ1v) is 20.4. The normalized spacial score (nSPS) is 12.4. The molecule has 0 aliphatic carbocycles. The molecule has 284 valence electrons. The highest BCUT2D eigenvalue weighted by atomic mass is 16.2. The molecule has 0 heterocycles. The second kappa shape index (κ2) is 35.0. The average molecular weight is 680 g/mol. The number of carbonyl (C=O) groups is 2. The minimum Gasteiger partial charge on any atom is -0.360 e. The lowest BCUT2D eigenvalue weighted by Crippen LogP contribution is -2.44. The van der Waals surface area contributed by atoms with Crippen LogP contribution in [-0.2, 0) is 9.59 Å². The van der Waals surface area contributed by atoms with E-state index in [2.05, 4.69) is 34.7 Å². The van der Waals surface area contributed by atoms with E-state index in [0.29, 0.717) is 32.4 Å².